The molecular formula is C9H10ClF4NO. The van der Waals surface area contributed by atoms with Crippen molar-refractivity contribution in [2.75, 3.05) is 7.11 Å². The number of ether oxygens (including phenoxy) is 1. The molecule has 0 heterocycles. The lowest BCUT2D eigenvalue weighted by Gasteiger charge is -2.17. The van der Waals surface area contributed by atoms with E-state index in [2.05, 4.69) is 4.74 Å². The molecule has 1 rings (SSSR count). The summed E-state index contributed by atoms with van der Waals surface area (Å²) in [6, 6.07) is 1.12. The van der Waals surface area contributed by atoms with Crippen molar-refractivity contribution in [1.29, 1.82) is 0 Å². The zero-order chi connectivity index (χ0) is 11.6. The second-order valence-electron chi connectivity index (χ2n) is 2.88. The molecule has 0 fully saturated rings. The van der Waals surface area contributed by atoms with E-state index in [1.54, 1.807) is 0 Å². The lowest BCUT2D eigenvalue weighted by Crippen LogP contribution is -2.29. The summed E-state index contributed by atoms with van der Waals surface area (Å²) in [7, 11) is 1.17. The van der Waals surface area contributed by atoms with Crippen LogP contribution in [0.4, 0.5) is 17.6 Å². The standard InChI is InChI=1S/C9H9F4NO.ClH/c1-15-6-4-2-3-5(7(6)10)8(14)9(11,12)13;/h2-4,8H,14H2,1H3;1H/t8-;/m0./s1. The average molecular weight is 260 g/mol. The summed E-state index contributed by atoms with van der Waals surface area (Å²) in [5.74, 6) is -1.34. The van der Waals surface area contributed by atoms with Gasteiger partial charge in [0.2, 0.25) is 0 Å². The Morgan fingerprint density at radius 1 is 1.31 bits per heavy atom. The van der Waals surface area contributed by atoms with Gasteiger partial charge in [-0.1, -0.05) is 12.1 Å². The molecule has 1 aromatic carbocycles. The summed E-state index contributed by atoms with van der Waals surface area (Å²) in [4.78, 5) is 0. The number of rotatable bonds is 2. The van der Waals surface area contributed by atoms with Crippen LogP contribution in [0.5, 0.6) is 5.75 Å². The van der Waals surface area contributed by atoms with Crippen LogP contribution in [0.3, 0.4) is 0 Å². The molecule has 1 aromatic rings. The van der Waals surface area contributed by atoms with Gasteiger partial charge in [0, 0.05) is 5.56 Å². The molecule has 0 unspecified atom stereocenters. The minimum atomic E-state index is -4.67. The third kappa shape index (κ3) is 2.99. The highest BCUT2D eigenvalue weighted by Crippen LogP contribution is 2.34. The fraction of sp³-hybridized carbons (Fsp3) is 0.333. The summed E-state index contributed by atoms with van der Waals surface area (Å²) in [6.45, 7) is 0. The van der Waals surface area contributed by atoms with Crippen LogP contribution >= 0.6 is 12.4 Å². The Balaban J connectivity index is 0.00000225. The van der Waals surface area contributed by atoms with Crippen LogP contribution in [0.25, 0.3) is 0 Å². The molecule has 0 aliphatic heterocycles. The molecule has 0 saturated heterocycles. The van der Waals surface area contributed by atoms with Gasteiger partial charge in [-0.15, -0.1) is 12.4 Å². The maximum Gasteiger partial charge on any atom is 0.407 e. The monoisotopic (exact) mass is 259 g/mol. The summed E-state index contributed by atoms with van der Waals surface area (Å²) in [5.41, 5.74) is 4.25. The zero-order valence-corrected chi connectivity index (χ0v) is 9.03. The molecule has 7 heteroatoms. The number of hydrogen-bond acceptors (Lipinski definition) is 2. The van der Waals surface area contributed by atoms with E-state index in [-0.39, 0.29) is 18.2 Å². The average Bonchev–Trinajstić information content (AvgIpc) is 2.16. The van der Waals surface area contributed by atoms with E-state index >= 15 is 0 Å². The summed E-state index contributed by atoms with van der Waals surface area (Å²) >= 11 is 0. The molecule has 0 bridgehead atoms. The lowest BCUT2D eigenvalue weighted by molar-refractivity contribution is -0.149. The maximum atomic E-state index is 13.3. The van der Waals surface area contributed by atoms with Gasteiger partial charge >= 0.3 is 6.18 Å². The SMILES string of the molecule is COc1cccc([C@H](N)C(F)(F)F)c1F.Cl. The van der Waals surface area contributed by atoms with Crippen molar-refractivity contribution in [3.63, 3.8) is 0 Å². The normalized spacial score (nSPS) is 12.9. The predicted octanol–water partition coefficient (Wildman–Crippen LogP) is 2.82. The first-order chi connectivity index (χ1) is 6.88. The van der Waals surface area contributed by atoms with Gasteiger partial charge in [-0.3, -0.25) is 0 Å². The first-order valence-electron chi connectivity index (χ1n) is 4.02. The molecule has 0 saturated carbocycles. The molecule has 92 valence electrons. The van der Waals surface area contributed by atoms with E-state index in [1.165, 1.54) is 19.2 Å². The Kier molecular flexibility index (Phi) is 5.02. The molecule has 0 spiro atoms. The molecule has 0 radical (unpaired) electrons. The number of benzene rings is 1. The fourth-order valence-electron chi connectivity index (χ4n) is 1.10. The second kappa shape index (κ2) is 5.36. The van der Waals surface area contributed by atoms with Crippen molar-refractivity contribution in [1.82, 2.24) is 0 Å². The summed E-state index contributed by atoms with van der Waals surface area (Å²) in [5, 5.41) is 0. The number of hydrogen-bond donors (Lipinski definition) is 1. The van der Waals surface area contributed by atoms with Crippen LogP contribution in [-0.2, 0) is 0 Å². The fourth-order valence-corrected chi connectivity index (χ4v) is 1.10. The van der Waals surface area contributed by atoms with Gasteiger partial charge in [0.25, 0.3) is 0 Å². The van der Waals surface area contributed by atoms with E-state index in [9.17, 15) is 17.6 Å². The second-order valence-corrected chi connectivity index (χ2v) is 2.88. The van der Waals surface area contributed by atoms with E-state index < -0.39 is 23.6 Å². The topological polar surface area (TPSA) is 35.2 Å². The highest BCUT2D eigenvalue weighted by molar-refractivity contribution is 5.85. The van der Waals surface area contributed by atoms with Gasteiger partial charge in [-0.2, -0.15) is 13.2 Å². The van der Waals surface area contributed by atoms with Crippen molar-refractivity contribution >= 4 is 12.4 Å². The van der Waals surface area contributed by atoms with Crippen molar-refractivity contribution < 1.29 is 22.3 Å². The summed E-state index contributed by atoms with van der Waals surface area (Å²) < 4.78 is 54.6. The molecule has 2 N–H and O–H groups in total. The number of halogens is 5. The molecule has 0 aliphatic carbocycles. The first-order valence-corrected chi connectivity index (χ1v) is 4.02. The Morgan fingerprint density at radius 2 is 1.88 bits per heavy atom. The zero-order valence-electron chi connectivity index (χ0n) is 8.22. The third-order valence-electron chi connectivity index (χ3n) is 1.90. The highest BCUT2D eigenvalue weighted by Gasteiger charge is 2.39. The summed E-state index contributed by atoms with van der Waals surface area (Å²) in [6.07, 6.45) is -4.67. The maximum absolute atomic E-state index is 13.3. The van der Waals surface area contributed by atoms with Crippen LogP contribution in [0.15, 0.2) is 18.2 Å². The molecule has 2 nitrogen and oxygen atoms in total. The largest absolute Gasteiger partial charge is 0.494 e. The van der Waals surface area contributed by atoms with Crippen LogP contribution in [-0.4, -0.2) is 13.3 Å². The predicted molar refractivity (Wildman–Crippen MR) is 53.2 cm³/mol. The van der Waals surface area contributed by atoms with Gasteiger partial charge in [-0.05, 0) is 6.07 Å². The first kappa shape index (κ1) is 15.0. The molecule has 1 atom stereocenters. The minimum Gasteiger partial charge on any atom is -0.494 e. The van der Waals surface area contributed by atoms with Crippen LogP contribution in [0.1, 0.15) is 11.6 Å². The van der Waals surface area contributed by atoms with Gasteiger partial charge in [0.05, 0.1) is 7.11 Å². The van der Waals surface area contributed by atoms with E-state index in [0.29, 0.717) is 0 Å². The van der Waals surface area contributed by atoms with Gasteiger partial charge in [0.1, 0.15) is 6.04 Å². The van der Waals surface area contributed by atoms with E-state index in [4.69, 9.17) is 5.73 Å². The number of alkyl halides is 3. The Morgan fingerprint density at radius 3 is 2.31 bits per heavy atom. The molecule has 0 amide bonds. The van der Waals surface area contributed by atoms with Crippen LogP contribution in [0, 0.1) is 5.82 Å². The Bertz CT molecular complexity index is 356. The third-order valence-corrected chi connectivity index (χ3v) is 1.90. The van der Waals surface area contributed by atoms with Crippen molar-refractivity contribution in [2.24, 2.45) is 5.73 Å². The Labute approximate surface area is 95.8 Å². The quantitative estimate of drug-likeness (QED) is 0.829. The van der Waals surface area contributed by atoms with E-state index in [1.807, 2.05) is 0 Å². The van der Waals surface area contributed by atoms with E-state index in [0.717, 1.165) is 6.07 Å². The van der Waals surface area contributed by atoms with Gasteiger partial charge in [-0.25, -0.2) is 4.39 Å². The van der Waals surface area contributed by atoms with Crippen LogP contribution in [0.2, 0.25) is 0 Å². The van der Waals surface area contributed by atoms with Gasteiger partial charge in [0.15, 0.2) is 11.6 Å². The van der Waals surface area contributed by atoms with Crippen molar-refractivity contribution in [3.05, 3.63) is 29.6 Å². The minimum absolute atomic E-state index is 0. The Hall–Kier alpha value is -1.01. The molecule has 0 aromatic heterocycles. The van der Waals surface area contributed by atoms with Gasteiger partial charge < -0.3 is 10.5 Å². The molecule has 0 aliphatic rings. The smallest absolute Gasteiger partial charge is 0.407 e. The van der Waals surface area contributed by atoms with Crippen LogP contribution < -0.4 is 10.5 Å². The number of methoxy groups -OCH3 is 1. The highest BCUT2D eigenvalue weighted by atomic mass is 35.5. The molecule has 16 heavy (non-hydrogen) atoms. The van der Waals surface area contributed by atoms with Crippen molar-refractivity contribution in [2.45, 2.75) is 12.2 Å². The lowest BCUT2D eigenvalue weighted by atomic mass is 10.1. The molecular weight excluding hydrogens is 250 g/mol. The number of nitrogens with two attached hydrogens (primary N) is 1. The van der Waals surface area contributed by atoms with Crippen molar-refractivity contribution in [3.8, 4) is 5.75 Å².